The number of allylic oxidation sites excluding steroid dienone is 1. The van der Waals surface area contributed by atoms with Crippen LogP contribution in [0.4, 0.5) is 8.78 Å². The molecule has 1 aromatic carbocycles. The molecular weight excluding hydrogens is 312 g/mol. The molecule has 0 aliphatic carbocycles. The van der Waals surface area contributed by atoms with Crippen molar-refractivity contribution in [2.24, 2.45) is 0 Å². The molecule has 0 atom stereocenters. The predicted molar refractivity (Wildman–Crippen MR) is 79.3 cm³/mol. The van der Waals surface area contributed by atoms with Crippen LogP contribution in [0, 0.1) is 11.6 Å². The summed E-state index contributed by atoms with van der Waals surface area (Å²) in [4.78, 5) is 0. The summed E-state index contributed by atoms with van der Waals surface area (Å²) in [5.74, 6) is -0.991. The van der Waals surface area contributed by atoms with Gasteiger partial charge in [0.15, 0.2) is 0 Å². The summed E-state index contributed by atoms with van der Waals surface area (Å²) in [6.07, 6.45) is 4.33. The van der Waals surface area contributed by atoms with E-state index in [1.165, 1.54) is 12.1 Å². The number of hydrogen-bond acceptors (Lipinski definition) is 1. The fourth-order valence-corrected chi connectivity index (χ4v) is 2.18. The topological polar surface area (TPSA) is 12.0 Å². The molecule has 0 aliphatic rings. The number of rotatable bonds is 7. The van der Waals surface area contributed by atoms with Gasteiger partial charge in [0.2, 0.25) is 0 Å². The first-order valence-corrected chi connectivity index (χ1v) is 7.34. The molecule has 4 heteroatoms. The number of nitrogens with one attached hydrogen (secondary N) is 1. The molecule has 0 saturated heterocycles. The normalized spacial score (nSPS) is 11.9. The van der Waals surface area contributed by atoms with Crippen LogP contribution in [0.3, 0.4) is 0 Å². The minimum absolute atomic E-state index is 0.129. The van der Waals surface area contributed by atoms with Crippen LogP contribution in [0.2, 0.25) is 0 Å². The highest BCUT2D eigenvalue weighted by molar-refractivity contribution is 9.10. The van der Waals surface area contributed by atoms with Crippen molar-refractivity contribution in [3.8, 4) is 0 Å². The van der Waals surface area contributed by atoms with E-state index in [-0.39, 0.29) is 5.56 Å². The van der Waals surface area contributed by atoms with Crippen LogP contribution in [0.25, 0.3) is 0 Å². The van der Waals surface area contributed by atoms with Crippen LogP contribution < -0.4 is 5.32 Å². The van der Waals surface area contributed by atoms with Gasteiger partial charge < -0.3 is 5.32 Å². The van der Waals surface area contributed by atoms with Crippen molar-refractivity contribution in [1.82, 2.24) is 5.32 Å². The molecule has 19 heavy (non-hydrogen) atoms. The average molecular weight is 332 g/mol. The van der Waals surface area contributed by atoms with Gasteiger partial charge in [-0.3, -0.25) is 0 Å². The lowest BCUT2D eigenvalue weighted by Crippen LogP contribution is -2.15. The van der Waals surface area contributed by atoms with Crippen LogP contribution in [0.15, 0.2) is 28.3 Å². The van der Waals surface area contributed by atoms with Gasteiger partial charge in [-0.2, -0.15) is 0 Å². The summed E-state index contributed by atoms with van der Waals surface area (Å²) in [6.45, 7) is 5.92. The van der Waals surface area contributed by atoms with Crippen molar-refractivity contribution in [3.05, 3.63) is 45.5 Å². The third kappa shape index (κ3) is 5.41. The van der Waals surface area contributed by atoms with Gasteiger partial charge in [-0.25, -0.2) is 8.78 Å². The number of benzene rings is 1. The van der Waals surface area contributed by atoms with E-state index in [1.54, 1.807) is 0 Å². The minimum atomic E-state index is -0.503. The summed E-state index contributed by atoms with van der Waals surface area (Å²) in [6, 6.07) is 2.68. The lowest BCUT2D eigenvalue weighted by Gasteiger charge is -2.07. The van der Waals surface area contributed by atoms with Crippen LogP contribution in [-0.2, 0) is 6.42 Å². The van der Waals surface area contributed by atoms with Crippen LogP contribution in [-0.4, -0.2) is 13.1 Å². The third-order valence-electron chi connectivity index (χ3n) is 2.84. The van der Waals surface area contributed by atoms with Crippen molar-refractivity contribution in [2.75, 3.05) is 13.1 Å². The molecule has 0 amide bonds. The zero-order valence-electron chi connectivity index (χ0n) is 11.4. The van der Waals surface area contributed by atoms with Crippen LogP contribution >= 0.6 is 15.9 Å². The first-order chi connectivity index (χ1) is 9.06. The lowest BCUT2D eigenvalue weighted by molar-refractivity contribution is 0.556. The highest BCUT2D eigenvalue weighted by atomic mass is 79.9. The Morgan fingerprint density at radius 2 is 2.05 bits per heavy atom. The Kier molecular flexibility index (Phi) is 7.24. The van der Waals surface area contributed by atoms with Gasteiger partial charge in [-0.15, -0.1) is 0 Å². The summed E-state index contributed by atoms with van der Waals surface area (Å²) < 4.78 is 27.7. The van der Waals surface area contributed by atoms with E-state index in [2.05, 4.69) is 28.2 Å². The van der Waals surface area contributed by atoms with Gasteiger partial charge in [-0.1, -0.05) is 18.6 Å². The first-order valence-electron chi connectivity index (χ1n) is 6.55. The van der Waals surface area contributed by atoms with Crippen LogP contribution in [0.5, 0.6) is 0 Å². The Labute approximate surface area is 122 Å². The van der Waals surface area contributed by atoms with E-state index in [9.17, 15) is 8.78 Å². The second-order valence-corrected chi connectivity index (χ2v) is 5.44. The number of hydrogen-bond donors (Lipinski definition) is 1. The Morgan fingerprint density at radius 3 is 2.74 bits per heavy atom. The molecule has 1 rings (SSSR count). The van der Waals surface area contributed by atoms with E-state index >= 15 is 0 Å². The van der Waals surface area contributed by atoms with Crippen molar-refractivity contribution in [3.63, 3.8) is 0 Å². The van der Waals surface area contributed by atoms with E-state index < -0.39 is 11.6 Å². The summed E-state index contributed by atoms with van der Waals surface area (Å²) in [5.41, 5.74) is 1.11. The summed E-state index contributed by atoms with van der Waals surface area (Å²) >= 11 is 3.08. The standard InChI is InChI=1S/C15H20BrF2N/c1-3-8-19-9-4-5-11(2)10-12-14(17)7-6-13(16)15(12)18/h5-7,19H,3-4,8-10H2,1-2H3/b11-5-. The van der Waals surface area contributed by atoms with Crippen LogP contribution in [0.1, 0.15) is 32.3 Å². The van der Waals surface area contributed by atoms with Gasteiger partial charge in [0.1, 0.15) is 11.6 Å². The zero-order valence-corrected chi connectivity index (χ0v) is 13.0. The lowest BCUT2D eigenvalue weighted by atomic mass is 10.0. The molecule has 0 heterocycles. The Balaban J connectivity index is 2.59. The minimum Gasteiger partial charge on any atom is -0.316 e. The quantitative estimate of drug-likeness (QED) is 0.437. The Hall–Kier alpha value is -0.740. The highest BCUT2D eigenvalue weighted by Crippen LogP contribution is 2.23. The molecule has 0 radical (unpaired) electrons. The fraction of sp³-hybridized carbons (Fsp3) is 0.467. The van der Waals surface area contributed by atoms with Crippen molar-refractivity contribution in [1.29, 1.82) is 0 Å². The molecule has 0 aromatic heterocycles. The highest BCUT2D eigenvalue weighted by Gasteiger charge is 2.12. The molecule has 0 fully saturated rings. The Morgan fingerprint density at radius 1 is 1.32 bits per heavy atom. The van der Waals surface area contributed by atoms with Gasteiger partial charge in [0, 0.05) is 5.56 Å². The zero-order chi connectivity index (χ0) is 14.3. The van der Waals surface area contributed by atoms with E-state index in [0.717, 1.165) is 31.5 Å². The molecule has 0 spiro atoms. The smallest absolute Gasteiger partial charge is 0.143 e. The molecule has 1 aromatic rings. The first kappa shape index (κ1) is 16.3. The van der Waals surface area contributed by atoms with E-state index in [0.29, 0.717) is 10.9 Å². The van der Waals surface area contributed by atoms with Gasteiger partial charge in [0.25, 0.3) is 0 Å². The average Bonchev–Trinajstić information content (AvgIpc) is 2.39. The Bertz CT molecular complexity index is 444. The molecule has 0 saturated carbocycles. The predicted octanol–water partition coefficient (Wildman–Crippen LogP) is 4.61. The van der Waals surface area contributed by atoms with E-state index in [4.69, 9.17) is 0 Å². The van der Waals surface area contributed by atoms with Gasteiger partial charge in [-0.05, 0) is 67.3 Å². The van der Waals surface area contributed by atoms with Crippen molar-refractivity contribution >= 4 is 15.9 Å². The maximum Gasteiger partial charge on any atom is 0.143 e. The molecule has 0 aliphatic heterocycles. The SMILES string of the molecule is CCCNCC/C=C(/C)Cc1c(F)ccc(Br)c1F. The number of halogens is 3. The van der Waals surface area contributed by atoms with E-state index in [1.807, 2.05) is 13.0 Å². The largest absolute Gasteiger partial charge is 0.316 e. The molecule has 0 unspecified atom stereocenters. The molecule has 1 N–H and O–H groups in total. The summed E-state index contributed by atoms with van der Waals surface area (Å²) in [5, 5.41) is 3.29. The molecule has 0 bridgehead atoms. The molecule has 106 valence electrons. The second kappa shape index (κ2) is 8.43. The van der Waals surface area contributed by atoms with Crippen molar-refractivity contribution < 1.29 is 8.78 Å². The summed E-state index contributed by atoms with van der Waals surface area (Å²) in [7, 11) is 0. The van der Waals surface area contributed by atoms with Gasteiger partial charge in [0.05, 0.1) is 4.47 Å². The third-order valence-corrected chi connectivity index (χ3v) is 3.45. The monoisotopic (exact) mass is 331 g/mol. The maximum atomic E-state index is 13.8. The maximum absolute atomic E-state index is 13.8. The van der Waals surface area contributed by atoms with Crippen molar-refractivity contribution in [2.45, 2.75) is 33.1 Å². The molecular formula is C15H20BrF2N. The van der Waals surface area contributed by atoms with Gasteiger partial charge >= 0.3 is 0 Å². The molecule has 1 nitrogen and oxygen atoms in total. The fourth-order valence-electron chi connectivity index (χ4n) is 1.80. The second-order valence-electron chi connectivity index (χ2n) is 4.59.